The minimum atomic E-state index is 0. The summed E-state index contributed by atoms with van der Waals surface area (Å²) in [6.45, 7) is 0. The number of hydrogen-bond acceptors (Lipinski definition) is 2. The van der Waals surface area contributed by atoms with Crippen molar-refractivity contribution in [1.29, 1.82) is 0 Å². The van der Waals surface area contributed by atoms with Crippen LogP contribution in [0.2, 0.25) is 0 Å². The summed E-state index contributed by atoms with van der Waals surface area (Å²) >= 11 is 7.06. The average molecular weight is 134 g/mol. The zero-order valence-electron chi connectivity index (χ0n) is 1.85. The molecule has 0 heterocycles. The van der Waals surface area contributed by atoms with Crippen LogP contribution < -0.4 is 0 Å². The van der Waals surface area contributed by atoms with Gasteiger partial charge in [-0.3, -0.25) is 0 Å². The van der Waals surface area contributed by atoms with Gasteiger partial charge in [0.2, 0.25) is 0 Å². The molecule has 0 N–H and O–H groups in total. The summed E-state index contributed by atoms with van der Waals surface area (Å²) in [4.78, 5) is 0. The molecule has 0 fully saturated rings. The van der Waals surface area contributed by atoms with Crippen LogP contribution in [0, 0.1) is 5.08 Å². The molecule has 0 saturated heterocycles. The fourth-order valence-electron chi connectivity index (χ4n) is 0. The van der Waals surface area contributed by atoms with Crippen molar-refractivity contribution in [2.45, 2.75) is 0 Å². The SMILES string of the molecule is S[CH-]S.[Mn]. The van der Waals surface area contributed by atoms with Crippen molar-refractivity contribution in [3.05, 3.63) is 5.08 Å². The Hall–Kier alpha value is 1.22. The summed E-state index contributed by atoms with van der Waals surface area (Å²) in [6, 6.07) is 0. The average Bonchev–Trinajstić information content (AvgIpc) is 0.918. The number of rotatable bonds is 0. The van der Waals surface area contributed by atoms with E-state index in [4.69, 9.17) is 0 Å². The monoisotopic (exact) mass is 134 g/mol. The Bertz CT molecular complexity index is 6.00. The summed E-state index contributed by atoms with van der Waals surface area (Å²) in [6.07, 6.45) is 0. The molecule has 0 saturated carbocycles. The van der Waals surface area contributed by atoms with E-state index in [9.17, 15) is 0 Å². The van der Waals surface area contributed by atoms with Gasteiger partial charge in [-0.2, -0.15) is 0 Å². The van der Waals surface area contributed by atoms with E-state index in [1.54, 1.807) is 0 Å². The molecule has 3 heteroatoms. The fourth-order valence-corrected chi connectivity index (χ4v) is 0. The van der Waals surface area contributed by atoms with Gasteiger partial charge in [0, 0.05) is 17.1 Å². The standard InChI is InChI=1S/CH3S2.Mn/c2-1-3;/h1-3H;/q-1;. The summed E-state index contributed by atoms with van der Waals surface area (Å²) in [5.74, 6) is 0. The first-order valence-electron chi connectivity index (χ1n) is 0.516. The van der Waals surface area contributed by atoms with Crippen LogP contribution >= 0.6 is 25.3 Å². The van der Waals surface area contributed by atoms with E-state index in [-0.39, 0.29) is 17.1 Å². The summed E-state index contributed by atoms with van der Waals surface area (Å²) in [7, 11) is 0. The topological polar surface area (TPSA) is 0 Å². The Morgan fingerprint density at radius 2 is 1.25 bits per heavy atom. The fraction of sp³-hybridized carbons (Fsp3) is 0. The van der Waals surface area contributed by atoms with Crippen LogP contribution in [0.4, 0.5) is 0 Å². The molecule has 0 rings (SSSR count). The van der Waals surface area contributed by atoms with E-state index in [1.807, 2.05) is 0 Å². The molecule has 0 aliphatic rings. The van der Waals surface area contributed by atoms with Gasteiger partial charge in [0.1, 0.15) is 0 Å². The molecular weight excluding hydrogens is 131 g/mol. The molecule has 27 valence electrons. The van der Waals surface area contributed by atoms with Gasteiger partial charge in [0.15, 0.2) is 0 Å². The smallest absolute Gasteiger partial charge is 0 e. The Morgan fingerprint density at radius 1 is 1.25 bits per heavy atom. The third kappa shape index (κ3) is 10.7. The second-order valence-corrected chi connectivity index (χ2v) is 1.04. The molecule has 0 aliphatic carbocycles. The minimum Gasteiger partial charge on any atom is -0.359 e. The number of thiol groups is 2. The maximum Gasteiger partial charge on any atom is 0 e. The Morgan fingerprint density at radius 3 is 1.25 bits per heavy atom. The Labute approximate surface area is 47.6 Å². The molecule has 0 nitrogen and oxygen atoms in total. The first kappa shape index (κ1) is 8.97. The van der Waals surface area contributed by atoms with Crippen LogP contribution in [0.15, 0.2) is 0 Å². The van der Waals surface area contributed by atoms with Crippen molar-refractivity contribution in [3.63, 3.8) is 0 Å². The van der Waals surface area contributed by atoms with Crippen LogP contribution in [0.25, 0.3) is 0 Å². The van der Waals surface area contributed by atoms with Gasteiger partial charge >= 0.3 is 0 Å². The van der Waals surface area contributed by atoms with E-state index in [2.05, 4.69) is 25.3 Å². The largest absolute Gasteiger partial charge is 0.359 e. The van der Waals surface area contributed by atoms with E-state index in [0.717, 1.165) is 0 Å². The third-order valence-electron chi connectivity index (χ3n) is 0. The van der Waals surface area contributed by atoms with Crippen molar-refractivity contribution < 1.29 is 17.1 Å². The minimum absolute atomic E-state index is 0. The predicted octanol–water partition coefficient (Wildman–Crippen LogP) is 0.963. The van der Waals surface area contributed by atoms with Gasteiger partial charge in [0.05, 0.1) is 0 Å². The van der Waals surface area contributed by atoms with Crippen LogP contribution in [0.5, 0.6) is 0 Å². The molecule has 0 bridgehead atoms. The molecule has 0 aliphatic heterocycles. The second-order valence-electron chi connectivity index (χ2n) is 0.115. The molecule has 0 atom stereocenters. The molecule has 1 radical (unpaired) electrons. The van der Waals surface area contributed by atoms with Crippen LogP contribution in [-0.2, 0) is 17.1 Å². The zero-order valence-corrected chi connectivity index (χ0v) is 4.82. The van der Waals surface area contributed by atoms with Crippen molar-refractivity contribution in [2.75, 3.05) is 0 Å². The summed E-state index contributed by atoms with van der Waals surface area (Å²) in [5, 5.41) is 1.39. The van der Waals surface area contributed by atoms with E-state index < -0.39 is 0 Å². The van der Waals surface area contributed by atoms with E-state index in [0.29, 0.717) is 0 Å². The quantitative estimate of drug-likeness (QED) is 0.275. The normalized spacial score (nSPS) is 4.50. The van der Waals surface area contributed by atoms with Gasteiger partial charge in [0.25, 0.3) is 0 Å². The first-order chi connectivity index (χ1) is 1.41. The molecule has 0 aromatic heterocycles. The van der Waals surface area contributed by atoms with Gasteiger partial charge in [-0.05, 0) is 0 Å². The van der Waals surface area contributed by atoms with Crippen molar-refractivity contribution >= 4 is 25.3 Å². The maximum absolute atomic E-state index is 3.53. The van der Waals surface area contributed by atoms with Crippen LogP contribution in [-0.4, -0.2) is 0 Å². The third-order valence-corrected chi connectivity index (χ3v) is 0. The summed E-state index contributed by atoms with van der Waals surface area (Å²) in [5.41, 5.74) is 0. The molecule has 0 amide bonds. The van der Waals surface area contributed by atoms with Gasteiger partial charge in [-0.25, -0.2) is 5.08 Å². The van der Waals surface area contributed by atoms with Crippen molar-refractivity contribution in [3.8, 4) is 0 Å². The Balaban J connectivity index is 0. The van der Waals surface area contributed by atoms with Crippen molar-refractivity contribution in [1.82, 2.24) is 0 Å². The van der Waals surface area contributed by atoms with Gasteiger partial charge in [-0.15, -0.1) is 0 Å². The van der Waals surface area contributed by atoms with Crippen LogP contribution in [0.3, 0.4) is 0 Å². The van der Waals surface area contributed by atoms with Crippen molar-refractivity contribution in [2.24, 2.45) is 0 Å². The van der Waals surface area contributed by atoms with Gasteiger partial charge in [-0.1, -0.05) is 0 Å². The second kappa shape index (κ2) is 8.88. The molecular formula is CH3MnS2-. The maximum atomic E-state index is 3.53. The first-order valence-corrected chi connectivity index (χ1v) is 1.55. The number of hydrogen-bond donors (Lipinski definition) is 2. The molecule has 0 spiro atoms. The summed E-state index contributed by atoms with van der Waals surface area (Å²) < 4.78 is 0. The molecule has 0 unspecified atom stereocenters. The predicted molar refractivity (Wildman–Crippen MR) is 22.3 cm³/mol. The zero-order chi connectivity index (χ0) is 2.71. The molecule has 4 heavy (non-hydrogen) atoms. The van der Waals surface area contributed by atoms with E-state index >= 15 is 0 Å². The van der Waals surface area contributed by atoms with Gasteiger partial charge < -0.3 is 25.3 Å². The van der Waals surface area contributed by atoms with E-state index in [1.165, 1.54) is 5.08 Å². The molecule has 0 aromatic rings. The van der Waals surface area contributed by atoms with Crippen LogP contribution in [0.1, 0.15) is 0 Å². The molecule has 0 aromatic carbocycles. The Kier molecular flexibility index (Phi) is 19.9.